The third kappa shape index (κ3) is 4.80. The maximum absolute atomic E-state index is 12.1. The van der Waals surface area contributed by atoms with Crippen molar-refractivity contribution in [1.82, 2.24) is 10.2 Å². The van der Waals surface area contributed by atoms with Gasteiger partial charge in [-0.1, -0.05) is 37.3 Å². The molecule has 1 heterocycles. The number of hydrogen-bond acceptors (Lipinski definition) is 5. The minimum Gasteiger partial charge on any atom is -0.481 e. The molecule has 22 heavy (non-hydrogen) atoms. The number of nitrogens with one attached hydrogen (secondary N) is 1. The summed E-state index contributed by atoms with van der Waals surface area (Å²) in [4.78, 5) is 12.1. The number of carbonyl (C=O) groups is 1. The number of aryl methyl sites for hydroxylation is 1. The maximum Gasteiger partial charge on any atom is 0.266 e. The van der Waals surface area contributed by atoms with Crippen LogP contribution in [0.1, 0.15) is 31.3 Å². The molecule has 0 aliphatic heterocycles. The lowest BCUT2D eigenvalue weighted by molar-refractivity contribution is -0.122. The summed E-state index contributed by atoms with van der Waals surface area (Å²) < 4.78 is 5.64. The van der Waals surface area contributed by atoms with Gasteiger partial charge in [0.1, 0.15) is 10.8 Å². The number of anilines is 1. The summed E-state index contributed by atoms with van der Waals surface area (Å²) in [6.07, 6.45) is 0.266. The van der Waals surface area contributed by atoms with Crippen LogP contribution in [-0.2, 0) is 11.2 Å². The van der Waals surface area contributed by atoms with Gasteiger partial charge in [-0.25, -0.2) is 0 Å². The zero-order valence-electron chi connectivity index (χ0n) is 13.3. The molecule has 0 bridgehead atoms. The fourth-order valence-corrected chi connectivity index (χ4v) is 2.84. The first-order valence-electron chi connectivity index (χ1n) is 7.30. The molecule has 1 N–H and O–H groups in total. The highest BCUT2D eigenvalue weighted by molar-refractivity contribution is 7.15. The fraction of sp³-hybridized carbons (Fsp3) is 0.438. The van der Waals surface area contributed by atoms with Crippen molar-refractivity contribution in [1.29, 1.82) is 0 Å². The molecule has 0 aliphatic carbocycles. The van der Waals surface area contributed by atoms with Crippen molar-refractivity contribution in [3.8, 4) is 5.75 Å². The summed E-state index contributed by atoms with van der Waals surface area (Å²) in [6.45, 7) is 7.94. The lowest BCUT2D eigenvalue weighted by Gasteiger charge is -2.13. The zero-order valence-corrected chi connectivity index (χ0v) is 14.1. The van der Waals surface area contributed by atoms with Gasteiger partial charge in [0.25, 0.3) is 5.91 Å². The van der Waals surface area contributed by atoms with Crippen molar-refractivity contribution in [3.05, 3.63) is 34.8 Å². The van der Waals surface area contributed by atoms with Crippen LogP contribution in [0.3, 0.4) is 0 Å². The molecule has 1 amide bonds. The highest BCUT2D eigenvalue weighted by Crippen LogP contribution is 2.19. The van der Waals surface area contributed by atoms with Crippen molar-refractivity contribution in [2.45, 2.75) is 40.2 Å². The van der Waals surface area contributed by atoms with E-state index in [9.17, 15) is 4.79 Å². The molecule has 2 aromatic rings. The van der Waals surface area contributed by atoms with Gasteiger partial charge >= 0.3 is 0 Å². The monoisotopic (exact) mass is 319 g/mol. The Bertz CT molecular complexity index is 640. The number of ether oxygens (including phenoxy) is 1. The highest BCUT2D eigenvalue weighted by atomic mass is 32.1. The fourth-order valence-electron chi connectivity index (χ4n) is 1.89. The first kappa shape index (κ1) is 16.4. The Balaban J connectivity index is 1.92. The van der Waals surface area contributed by atoms with Crippen LogP contribution in [0.25, 0.3) is 0 Å². The third-order valence-electron chi connectivity index (χ3n) is 2.95. The highest BCUT2D eigenvalue weighted by Gasteiger charge is 2.17. The summed E-state index contributed by atoms with van der Waals surface area (Å²) >= 11 is 1.41. The largest absolute Gasteiger partial charge is 0.481 e. The van der Waals surface area contributed by atoms with Crippen LogP contribution in [0.5, 0.6) is 5.75 Å². The van der Waals surface area contributed by atoms with E-state index in [1.165, 1.54) is 11.3 Å². The summed E-state index contributed by atoms with van der Waals surface area (Å²) in [6, 6.07) is 7.62. The Kier molecular flexibility index (Phi) is 5.49. The molecule has 1 atom stereocenters. The van der Waals surface area contributed by atoms with Crippen molar-refractivity contribution in [2.24, 2.45) is 5.92 Å². The quantitative estimate of drug-likeness (QED) is 0.885. The van der Waals surface area contributed by atoms with Gasteiger partial charge in [0.15, 0.2) is 6.10 Å². The molecular weight excluding hydrogens is 298 g/mol. The van der Waals surface area contributed by atoms with E-state index in [1.54, 1.807) is 6.92 Å². The molecule has 1 aromatic carbocycles. The van der Waals surface area contributed by atoms with E-state index in [0.29, 0.717) is 16.8 Å². The van der Waals surface area contributed by atoms with Crippen LogP contribution in [0.15, 0.2) is 24.3 Å². The minimum atomic E-state index is -0.598. The van der Waals surface area contributed by atoms with Gasteiger partial charge in [-0.3, -0.25) is 10.1 Å². The summed E-state index contributed by atoms with van der Waals surface area (Å²) in [5.41, 5.74) is 1.09. The first-order valence-corrected chi connectivity index (χ1v) is 8.12. The van der Waals surface area contributed by atoms with E-state index >= 15 is 0 Å². The van der Waals surface area contributed by atoms with Gasteiger partial charge in [0, 0.05) is 6.42 Å². The molecule has 5 nitrogen and oxygen atoms in total. The minimum absolute atomic E-state index is 0.228. The van der Waals surface area contributed by atoms with Gasteiger partial charge in [-0.2, -0.15) is 0 Å². The summed E-state index contributed by atoms with van der Waals surface area (Å²) in [5, 5.41) is 12.3. The number of benzene rings is 1. The van der Waals surface area contributed by atoms with Crippen molar-refractivity contribution in [3.63, 3.8) is 0 Å². The van der Waals surface area contributed by atoms with Crippen LogP contribution in [-0.4, -0.2) is 22.2 Å². The van der Waals surface area contributed by atoms with Crippen LogP contribution >= 0.6 is 11.3 Å². The molecule has 0 aliphatic rings. The molecule has 0 unspecified atom stereocenters. The number of nitrogens with zero attached hydrogens (tertiary/aromatic N) is 2. The Morgan fingerprint density at radius 1 is 1.32 bits per heavy atom. The number of hydrogen-bond donors (Lipinski definition) is 1. The molecule has 1 aromatic heterocycles. The van der Waals surface area contributed by atoms with E-state index in [2.05, 4.69) is 29.4 Å². The molecule has 6 heteroatoms. The average Bonchev–Trinajstić information content (AvgIpc) is 2.85. The van der Waals surface area contributed by atoms with Gasteiger partial charge < -0.3 is 4.74 Å². The van der Waals surface area contributed by atoms with Crippen LogP contribution in [0.2, 0.25) is 0 Å². The molecular formula is C16H21N3O2S. The van der Waals surface area contributed by atoms with Gasteiger partial charge in [0.05, 0.1) is 0 Å². The second-order valence-corrected chi connectivity index (χ2v) is 6.73. The predicted octanol–water partition coefficient (Wildman–Crippen LogP) is 3.45. The maximum atomic E-state index is 12.1. The molecule has 0 fully saturated rings. The SMILES string of the molecule is Cc1cccc(O[C@@H](C)C(=O)Nc2nnc(CC(C)C)s2)c1. The molecule has 0 saturated heterocycles. The van der Waals surface area contributed by atoms with E-state index in [0.717, 1.165) is 17.0 Å². The zero-order chi connectivity index (χ0) is 16.1. The third-order valence-corrected chi connectivity index (χ3v) is 3.81. The average molecular weight is 319 g/mol. The van der Waals surface area contributed by atoms with E-state index in [1.807, 2.05) is 31.2 Å². The standard InChI is InChI=1S/C16H21N3O2S/c1-10(2)8-14-18-19-16(22-14)17-15(20)12(4)21-13-7-5-6-11(3)9-13/h5-7,9-10,12H,8H2,1-4H3,(H,17,19,20)/t12-/m0/s1. The summed E-state index contributed by atoms with van der Waals surface area (Å²) in [7, 11) is 0. The van der Waals surface area contributed by atoms with Gasteiger partial charge in [-0.15, -0.1) is 10.2 Å². The number of carbonyl (C=O) groups excluding carboxylic acids is 1. The van der Waals surface area contributed by atoms with Gasteiger partial charge in [0.2, 0.25) is 5.13 Å². The predicted molar refractivity (Wildman–Crippen MR) is 88.3 cm³/mol. The van der Waals surface area contributed by atoms with Crippen LogP contribution in [0.4, 0.5) is 5.13 Å². The molecule has 0 saturated carbocycles. The van der Waals surface area contributed by atoms with Crippen molar-refractivity contribution < 1.29 is 9.53 Å². The van der Waals surface area contributed by atoms with Gasteiger partial charge in [-0.05, 0) is 37.5 Å². The van der Waals surface area contributed by atoms with Crippen molar-refractivity contribution >= 4 is 22.4 Å². The molecule has 118 valence electrons. The lowest BCUT2D eigenvalue weighted by atomic mass is 10.1. The Morgan fingerprint density at radius 2 is 2.09 bits per heavy atom. The normalized spacial score (nSPS) is 12.2. The number of amides is 1. The van der Waals surface area contributed by atoms with E-state index in [4.69, 9.17) is 4.74 Å². The van der Waals surface area contributed by atoms with E-state index < -0.39 is 6.10 Å². The molecule has 0 spiro atoms. The molecule has 2 rings (SSSR count). The first-order chi connectivity index (χ1) is 10.4. The lowest BCUT2D eigenvalue weighted by Crippen LogP contribution is -2.30. The number of aromatic nitrogens is 2. The Hall–Kier alpha value is -1.95. The van der Waals surface area contributed by atoms with Crippen molar-refractivity contribution in [2.75, 3.05) is 5.32 Å². The van der Waals surface area contributed by atoms with E-state index in [-0.39, 0.29) is 5.91 Å². The number of rotatable bonds is 6. The smallest absolute Gasteiger partial charge is 0.266 e. The van der Waals surface area contributed by atoms with Crippen LogP contribution < -0.4 is 10.1 Å². The van der Waals surface area contributed by atoms with Crippen LogP contribution in [0, 0.1) is 12.8 Å². The topological polar surface area (TPSA) is 64.1 Å². The second-order valence-electron chi connectivity index (χ2n) is 5.66. The molecule has 0 radical (unpaired) electrons. The Morgan fingerprint density at radius 3 is 2.77 bits per heavy atom. The summed E-state index contributed by atoms with van der Waals surface area (Å²) in [5.74, 6) is 0.967. The second kappa shape index (κ2) is 7.35. The Labute approximate surface area is 134 Å².